The Hall–Kier alpha value is -3.35. The van der Waals surface area contributed by atoms with Crippen molar-refractivity contribution in [2.45, 2.75) is 44.6 Å². The van der Waals surface area contributed by atoms with E-state index in [0.717, 1.165) is 29.9 Å². The number of oxazole rings is 1. The van der Waals surface area contributed by atoms with Crippen molar-refractivity contribution < 1.29 is 23.1 Å². The van der Waals surface area contributed by atoms with E-state index in [2.05, 4.69) is 4.98 Å². The van der Waals surface area contributed by atoms with Crippen molar-refractivity contribution in [2.75, 3.05) is 20.2 Å². The van der Waals surface area contributed by atoms with E-state index in [0.29, 0.717) is 31.2 Å². The Kier molecular flexibility index (Phi) is 6.67. The number of halogens is 1. The first-order valence-corrected chi connectivity index (χ1v) is 11.2. The summed E-state index contributed by atoms with van der Waals surface area (Å²) in [6, 6.07) is 13.6. The van der Waals surface area contributed by atoms with Crippen molar-refractivity contribution in [3.63, 3.8) is 0 Å². The molecule has 0 saturated carbocycles. The number of amides is 1. The number of hydrogen-bond acceptors (Lipinski definition) is 5. The number of carbonyl (C=O) groups excluding carboxylic acids is 1. The predicted octanol–water partition coefficient (Wildman–Crippen LogP) is 4.98. The lowest BCUT2D eigenvalue weighted by molar-refractivity contribution is -0.146. The van der Waals surface area contributed by atoms with Crippen molar-refractivity contribution in [1.29, 1.82) is 0 Å². The van der Waals surface area contributed by atoms with Gasteiger partial charge in [-0.3, -0.25) is 4.79 Å². The molecule has 2 heterocycles. The van der Waals surface area contributed by atoms with Crippen LogP contribution in [0.1, 0.15) is 49.8 Å². The highest BCUT2D eigenvalue weighted by molar-refractivity contribution is 5.85. The molecule has 1 aliphatic heterocycles. The molecule has 1 fully saturated rings. The first kappa shape index (κ1) is 22.8. The van der Waals surface area contributed by atoms with Gasteiger partial charge in [0, 0.05) is 19.5 Å². The quantitative estimate of drug-likeness (QED) is 0.506. The highest BCUT2D eigenvalue weighted by atomic mass is 19.1. The number of nitrogens with zero attached hydrogens (tertiary/aromatic N) is 2. The molecular weight excluding hydrogens is 423 g/mol. The fraction of sp³-hybridized carbons (Fsp3) is 0.385. The summed E-state index contributed by atoms with van der Waals surface area (Å²) in [5.41, 5.74) is 0.0363. The Balaban J connectivity index is 1.39. The lowest BCUT2D eigenvalue weighted by atomic mass is 9.96. The Bertz CT molecular complexity index is 1080. The smallest absolute Gasteiger partial charge is 0.266 e. The molecule has 0 radical (unpaired) electrons. The van der Waals surface area contributed by atoms with Gasteiger partial charge in [0.15, 0.2) is 11.5 Å². The van der Waals surface area contributed by atoms with Crippen LogP contribution in [0.4, 0.5) is 4.39 Å². The fourth-order valence-corrected chi connectivity index (χ4v) is 4.12. The molecule has 1 atom stereocenters. The van der Waals surface area contributed by atoms with Gasteiger partial charge >= 0.3 is 0 Å². The maximum absolute atomic E-state index is 13.2. The molecule has 0 aliphatic carbocycles. The number of likely N-dealkylation sites (tertiary alicyclic amines) is 1. The van der Waals surface area contributed by atoms with Crippen molar-refractivity contribution in [2.24, 2.45) is 0 Å². The van der Waals surface area contributed by atoms with Gasteiger partial charge in [-0.25, -0.2) is 9.37 Å². The third kappa shape index (κ3) is 5.53. The molecule has 1 aromatic heterocycles. The van der Waals surface area contributed by atoms with Gasteiger partial charge in [-0.05, 0) is 68.7 Å². The normalized spacial score (nSPS) is 16.5. The molecule has 0 bridgehead atoms. The highest BCUT2D eigenvalue weighted by Gasteiger charge is 2.37. The number of carbonyl (C=O) groups is 1. The van der Waals surface area contributed by atoms with Crippen LogP contribution in [0.15, 0.2) is 59.1 Å². The van der Waals surface area contributed by atoms with E-state index in [1.165, 1.54) is 24.3 Å². The monoisotopic (exact) mass is 452 g/mol. The second-order valence-electron chi connectivity index (χ2n) is 8.85. The largest absolute Gasteiger partial charge is 0.497 e. The molecule has 1 amide bonds. The molecule has 6 nitrogen and oxygen atoms in total. The Morgan fingerprint density at radius 3 is 2.55 bits per heavy atom. The molecular formula is C26H29FN2O4. The van der Waals surface area contributed by atoms with E-state index in [-0.39, 0.29) is 17.6 Å². The van der Waals surface area contributed by atoms with E-state index >= 15 is 0 Å². The van der Waals surface area contributed by atoms with Crippen LogP contribution in [0.25, 0.3) is 0 Å². The van der Waals surface area contributed by atoms with Crippen LogP contribution in [0.2, 0.25) is 0 Å². The first-order valence-electron chi connectivity index (χ1n) is 11.2. The molecule has 7 heteroatoms. The Morgan fingerprint density at radius 2 is 1.85 bits per heavy atom. The zero-order valence-electron chi connectivity index (χ0n) is 19.2. The summed E-state index contributed by atoms with van der Waals surface area (Å²) in [6.07, 6.45) is 4.18. The number of rotatable bonds is 7. The molecule has 33 heavy (non-hydrogen) atoms. The van der Waals surface area contributed by atoms with E-state index in [1.54, 1.807) is 27.2 Å². The predicted molar refractivity (Wildman–Crippen MR) is 122 cm³/mol. The van der Waals surface area contributed by atoms with Crippen LogP contribution in [0.5, 0.6) is 11.5 Å². The summed E-state index contributed by atoms with van der Waals surface area (Å²) in [5.74, 6) is 2.31. The summed E-state index contributed by atoms with van der Waals surface area (Å²) >= 11 is 0. The van der Waals surface area contributed by atoms with Gasteiger partial charge in [-0.1, -0.05) is 12.1 Å². The van der Waals surface area contributed by atoms with Crippen molar-refractivity contribution in [3.8, 4) is 11.5 Å². The van der Waals surface area contributed by atoms with E-state index in [9.17, 15) is 9.18 Å². The van der Waals surface area contributed by atoms with Crippen LogP contribution in [-0.2, 0) is 11.2 Å². The topological polar surface area (TPSA) is 64.8 Å². The second-order valence-corrected chi connectivity index (χ2v) is 8.85. The van der Waals surface area contributed by atoms with Crippen molar-refractivity contribution >= 4 is 5.91 Å². The number of benzene rings is 2. The maximum atomic E-state index is 13.2. The van der Waals surface area contributed by atoms with Crippen molar-refractivity contribution in [1.82, 2.24) is 9.88 Å². The SMILES string of the molecule is COc1ccc(Cc2cnc([C@H]3CCCN(C(=O)C(C)(C)Oc4ccc(F)cc4)C3)o2)cc1. The summed E-state index contributed by atoms with van der Waals surface area (Å²) in [4.78, 5) is 19.5. The van der Waals surface area contributed by atoms with Gasteiger partial charge < -0.3 is 18.8 Å². The summed E-state index contributed by atoms with van der Waals surface area (Å²) in [6.45, 7) is 4.66. The summed E-state index contributed by atoms with van der Waals surface area (Å²) in [7, 11) is 1.64. The van der Waals surface area contributed by atoms with Crippen LogP contribution >= 0.6 is 0 Å². The van der Waals surface area contributed by atoms with Gasteiger partial charge in [0.05, 0.1) is 19.2 Å². The summed E-state index contributed by atoms with van der Waals surface area (Å²) in [5, 5.41) is 0. The van der Waals surface area contributed by atoms with Gasteiger partial charge in [-0.2, -0.15) is 0 Å². The molecule has 2 aromatic carbocycles. The third-order valence-corrected chi connectivity index (χ3v) is 5.87. The number of piperidine rings is 1. The zero-order chi connectivity index (χ0) is 23.4. The minimum atomic E-state index is -1.07. The Morgan fingerprint density at radius 1 is 1.15 bits per heavy atom. The van der Waals surface area contributed by atoms with Crippen LogP contribution in [-0.4, -0.2) is 41.6 Å². The average molecular weight is 453 g/mol. The van der Waals surface area contributed by atoms with Gasteiger partial charge in [-0.15, -0.1) is 0 Å². The second kappa shape index (κ2) is 9.65. The Labute approximate surface area is 193 Å². The average Bonchev–Trinajstić information content (AvgIpc) is 3.29. The van der Waals surface area contributed by atoms with Crippen LogP contribution in [0.3, 0.4) is 0 Å². The maximum Gasteiger partial charge on any atom is 0.266 e. The van der Waals surface area contributed by atoms with Crippen LogP contribution in [0, 0.1) is 5.82 Å². The van der Waals surface area contributed by atoms with E-state index in [1.807, 2.05) is 29.2 Å². The third-order valence-electron chi connectivity index (χ3n) is 5.87. The van der Waals surface area contributed by atoms with Crippen LogP contribution < -0.4 is 9.47 Å². The fourth-order valence-electron chi connectivity index (χ4n) is 4.12. The zero-order valence-corrected chi connectivity index (χ0v) is 19.2. The van der Waals surface area contributed by atoms with E-state index in [4.69, 9.17) is 13.9 Å². The van der Waals surface area contributed by atoms with Gasteiger partial charge in [0.2, 0.25) is 0 Å². The van der Waals surface area contributed by atoms with Gasteiger partial charge in [0.25, 0.3) is 5.91 Å². The molecule has 3 aromatic rings. The summed E-state index contributed by atoms with van der Waals surface area (Å²) < 4.78 is 30.3. The standard InChI is InChI=1S/C26H29FN2O4/c1-26(2,33-22-12-8-20(27)9-13-22)25(30)29-14-4-5-19(17-29)24-28-16-23(32-24)15-18-6-10-21(31-3)11-7-18/h6-13,16,19H,4-5,14-15,17H2,1-3H3/t19-/m0/s1. The number of hydrogen-bond donors (Lipinski definition) is 0. The first-order chi connectivity index (χ1) is 15.8. The molecule has 0 spiro atoms. The number of methoxy groups -OCH3 is 1. The number of ether oxygens (including phenoxy) is 2. The van der Waals surface area contributed by atoms with Crippen molar-refractivity contribution in [3.05, 3.63) is 77.8 Å². The lowest BCUT2D eigenvalue weighted by Crippen LogP contribution is -2.51. The minimum absolute atomic E-state index is 0.0361. The lowest BCUT2D eigenvalue weighted by Gasteiger charge is -2.36. The minimum Gasteiger partial charge on any atom is -0.497 e. The molecule has 174 valence electrons. The molecule has 1 saturated heterocycles. The highest BCUT2D eigenvalue weighted by Crippen LogP contribution is 2.30. The number of aromatic nitrogens is 1. The molecule has 1 aliphatic rings. The van der Waals surface area contributed by atoms with E-state index < -0.39 is 5.60 Å². The molecule has 0 unspecified atom stereocenters. The molecule has 4 rings (SSSR count). The van der Waals surface area contributed by atoms with Gasteiger partial charge in [0.1, 0.15) is 23.1 Å². The molecule has 0 N–H and O–H groups in total.